The van der Waals surface area contributed by atoms with Crippen LogP contribution >= 0.6 is 0 Å². The summed E-state index contributed by atoms with van der Waals surface area (Å²) in [5.41, 5.74) is 0.157. The van der Waals surface area contributed by atoms with Crippen molar-refractivity contribution in [3.8, 4) is 0 Å². The Kier molecular flexibility index (Phi) is 10.2. The van der Waals surface area contributed by atoms with Gasteiger partial charge in [-0.25, -0.2) is 19.4 Å². The summed E-state index contributed by atoms with van der Waals surface area (Å²) in [6.07, 6.45) is 8.29. The van der Waals surface area contributed by atoms with Crippen molar-refractivity contribution in [1.82, 2.24) is 25.2 Å². The van der Waals surface area contributed by atoms with Crippen molar-refractivity contribution in [3.05, 3.63) is 17.3 Å². The number of rotatable bonds is 13. The molecule has 0 unspecified atom stereocenters. The van der Waals surface area contributed by atoms with Gasteiger partial charge in [-0.2, -0.15) is 0 Å². The number of hydrogen-bond donors (Lipinski definition) is 2. The van der Waals surface area contributed by atoms with E-state index in [0.29, 0.717) is 35.5 Å². The van der Waals surface area contributed by atoms with Crippen LogP contribution < -0.4 is 10.2 Å². The van der Waals surface area contributed by atoms with E-state index in [1.807, 2.05) is 4.90 Å². The standard InChI is InChI=1S/C25H41FN6O3/c1-4-11-30(3)16-21-10-7-12-32(21)24-23(26)22(28-18(2)29-24)14-27-25(34)20(15-31(35)17-33)13-19-8-5-6-9-19/h17,19-21,35H,4-16H2,1-3H3,(H,27,34)/t20-,21+/m1/s1. The van der Waals surface area contributed by atoms with Gasteiger partial charge >= 0.3 is 0 Å². The van der Waals surface area contributed by atoms with E-state index in [2.05, 4.69) is 34.2 Å². The second kappa shape index (κ2) is 13.1. The maximum Gasteiger partial charge on any atom is 0.233 e. The van der Waals surface area contributed by atoms with Crippen LogP contribution in [0.3, 0.4) is 0 Å². The second-order valence-electron chi connectivity index (χ2n) is 10.1. The van der Waals surface area contributed by atoms with Gasteiger partial charge in [0, 0.05) is 19.1 Å². The number of hydrogen-bond acceptors (Lipinski definition) is 7. The number of hydroxylamine groups is 2. The van der Waals surface area contributed by atoms with Crippen LogP contribution in [0.25, 0.3) is 0 Å². The molecule has 35 heavy (non-hydrogen) atoms. The van der Waals surface area contributed by atoms with E-state index in [1.54, 1.807) is 6.92 Å². The van der Waals surface area contributed by atoms with Crippen molar-refractivity contribution in [2.45, 2.75) is 77.8 Å². The minimum Gasteiger partial charge on any atom is -0.350 e. The number of carbonyl (C=O) groups excluding carboxylic acids is 2. The van der Waals surface area contributed by atoms with Gasteiger partial charge in [-0.05, 0) is 52.1 Å². The van der Waals surface area contributed by atoms with Crippen LogP contribution in [0.15, 0.2) is 0 Å². The Bertz CT molecular complexity index is 851. The fraction of sp³-hybridized carbons (Fsp3) is 0.760. The minimum absolute atomic E-state index is 0.0665. The number of aryl methyl sites for hydroxylation is 1. The number of carbonyl (C=O) groups is 2. The first-order valence-corrected chi connectivity index (χ1v) is 13.0. The van der Waals surface area contributed by atoms with Crippen molar-refractivity contribution in [1.29, 1.82) is 0 Å². The number of aromatic nitrogens is 2. The molecule has 2 aliphatic rings. The maximum atomic E-state index is 15.6. The number of amides is 2. The molecule has 3 rings (SSSR count). The third-order valence-corrected chi connectivity index (χ3v) is 7.21. The molecule has 2 atom stereocenters. The zero-order chi connectivity index (χ0) is 25.4. The lowest BCUT2D eigenvalue weighted by Gasteiger charge is -2.30. The molecule has 1 saturated carbocycles. The lowest BCUT2D eigenvalue weighted by Crippen LogP contribution is -2.40. The molecule has 2 N–H and O–H groups in total. The molecule has 10 heteroatoms. The highest BCUT2D eigenvalue weighted by Gasteiger charge is 2.31. The molecule has 1 saturated heterocycles. The van der Waals surface area contributed by atoms with Crippen molar-refractivity contribution in [3.63, 3.8) is 0 Å². The lowest BCUT2D eigenvalue weighted by molar-refractivity contribution is -0.155. The zero-order valence-electron chi connectivity index (χ0n) is 21.4. The summed E-state index contributed by atoms with van der Waals surface area (Å²) in [6, 6.07) is 0.187. The van der Waals surface area contributed by atoms with E-state index in [0.717, 1.165) is 64.6 Å². The Morgan fingerprint density at radius 2 is 2.03 bits per heavy atom. The van der Waals surface area contributed by atoms with Crippen LogP contribution in [0.5, 0.6) is 0 Å². The summed E-state index contributed by atoms with van der Waals surface area (Å²) >= 11 is 0. The van der Waals surface area contributed by atoms with E-state index >= 15 is 4.39 Å². The molecule has 0 aromatic carbocycles. The molecule has 0 radical (unpaired) electrons. The van der Waals surface area contributed by atoms with Crippen LogP contribution in [-0.2, 0) is 16.1 Å². The Hall–Kier alpha value is -2.33. The second-order valence-corrected chi connectivity index (χ2v) is 10.1. The molecule has 0 spiro atoms. The largest absolute Gasteiger partial charge is 0.350 e. The molecule has 1 aromatic rings. The molecule has 2 amide bonds. The highest BCUT2D eigenvalue weighted by atomic mass is 19.1. The SMILES string of the molecule is CCCN(C)C[C@@H]1CCCN1c1nc(C)nc(CNC(=O)[C@H](CC2CCCC2)CN(O)C=O)c1F. The zero-order valence-corrected chi connectivity index (χ0v) is 21.4. The maximum absolute atomic E-state index is 15.6. The quantitative estimate of drug-likeness (QED) is 0.248. The third kappa shape index (κ3) is 7.57. The highest BCUT2D eigenvalue weighted by Crippen LogP contribution is 2.31. The first-order chi connectivity index (χ1) is 16.8. The van der Waals surface area contributed by atoms with Crippen molar-refractivity contribution in [2.75, 3.05) is 38.1 Å². The molecule has 2 fully saturated rings. The van der Waals surface area contributed by atoms with Gasteiger partial charge in [-0.1, -0.05) is 32.6 Å². The number of nitrogens with zero attached hydrogens (tertiary/aromatic N) is 5. The Labute approximate surface area is 208 Å². The average Bonchev–Trinajstić information content (AvgIpc) is 3.51. The lowest BCUT2D eigenvalue weighted by atomic mass is 9.92. The predicted octanol–water partition coefficient (Wildman–Crippen LogP) is 2.90. The van der Waals surface area contributed by atoms with Crippen molar-refractivity contribution in [2.24, 2.45) is 11.8 Å². The van der Waals surface area contributed by atoms with Gasteiger partial charge < -0.3 is 15.1 Å². The smallest absolute Gasteiger partial charge is 0.233 e. The van der Waals surface area contributed by atoms with E-state index in [-0.39, 0.29) is 30.7 Å². The van der Waals surface area contributed by atoms with Gasteiger partial charge in [-0.15, -0.1) is 0 Å². The summed E-state index contributed by atoms with van der Waals surface area (Å²) in [4.78, 5) is 36.9. The van der Waals surface area contributed by atoms with Crippen LogP contribution in [0, 0.1) is 24.6 Å². The van der Waals surface area contributed by atoms with E-state index in [9.17, 15) is 14.8 Å². The highest BCUT2D eigenvalue weighted by molar-refractivity contribution is 5.79. The fourth-order valence-electron chi connectivity index (χ4n) is 5.54. The molecule has 1 aliphatic heterocycles. The molecule has 196 valence electrons. The van der Waals surface area contributed by atoms with Crippen molar-refractivity contribution >= 4 is 18.1 Å². The molecular weight excluding hydrogens is 451 g/mol. The van der Waals surface area contributed by atoms with Gasteiger partial charge in [0.05, 0.1) is 19.0 Å². The summed E-state index contributed by atoms with van der Waals surface area (Å²) in [6.45, 7) is 6.31. The number of nitrogens with one attached hydrogen (secondary N) is 1. The van der Waals surface area contributed by atoms with Gasteiger partial charge in [0.25, 0.3) is 0 Å². The summed E-state index contributed by atoms with van der Waals surface area (Å²) in [7, 11) is 2.09. The Morgan fingerprint density at radius 3 is 2.71 bits per heavy atom. The molecule has 1 aliphatic carbocycles. The van der Waals surface area contributed by atoms with Crippen molar-refractivity contribution < 1.29 is 19.2 Å². The molecular formula is C25H41FN6O3. The van der Waals surface area contributed by atoms with Gasteiger partial charge in [0.15, 0.2) is 11.6 Å². The van der Waals surface area contributed by atoms with Crippen LogP contribution in [-0.4, -0.2) is 76.7 Å². The molecule has 0 bridgehead atoms. The Morgan fingerprint density at radius 1 is 1.29 bits per heavy atom. The number of likely N-dealkylation sites (N-methyl/N-ethyl adjacent to an activating group) is 1. The fourth-order valence-corrected chi connectivity index (χ4v) is 5.54. The number of halogens is 1. The molecule has 1 aromatic heterocycles. The summed E-state index contributed by atoms with van der Waals surface area (Å²) < 4.78 is 15.6. The topological polar surface area (TPSA) is 102 Å². The normalized spacial score (nSPS) is 19.4. The monoisotopic (exact) mass is 492 g/mol. The van der Waals surface area contributed by atoms with Gasteiger partial charge in [-0.3, -0.25) is 14.8 Å². The minimum atomic E-state index is -0.559. The van der Waals surface area contributed by atoms with Gasteiger partial charge in [0.1, 0.15) is 11.5 Å². The first-order valence-electron chi connectivity index (χ1n) is 13.0. The van der Waals surface area contributed by atoms with Gasteiger partial charge in [0.2, 0.25) is 12.3 Å². The number of anilines is 1. The third-order valence-electron chi connectivity index (χ3n) is 7.21. The molecule has 2 heterocycles. The van der Waals surface area contributed by atoms with Crippen LogP contribution in [0.1, 0.15) is 69.8 Å². The molecule has 9 nitrogen and oxygen atoms in total. The average molecular weight is 493 g/mol. The van der Waals surface area contributed by atoms with E-state index < -0.39 is 11.7 Å². The Balaban J connectivity index is 1.70. The van der Waals surface area contributed by atoms with Crippen LogP contribution in [0.2, 0.25) is 0 Å². The summed E-state index contributed by atoms with van der Waals surface area (Å²) in [5, 5.41) is 13.0. The van der Waals surface area contributed by atoms with Crippen LogP contribution in [0.4, 0.5) is 10.2 Å². The van der Waals surface area contributed by atoms with E-state index in [1.165, 1.54) is 0 Å². The van der Waals surface area contributed by atoms with E-state index in [4.69, 9.17) is 0 Å². The summed E-state index contributed by atoms with van der Waals surface area (Å²) in [5.74, 6) is -0.202. The predicted molar refractivity (Wildman–Crippen MR) is 131 cm³/mol. The first kappa shape index (κ1) is 27.3.